The topological polar surface area (TPSA) is 59.0 Å². The number of likely N-dealkylation sites (tertiary alicyclic amines) is 1. The SMILES string of the molecule is CC(C)(C)OC(=O)N1CCC2(c3ccc(OC(F)(F)F)cc3)CC2(CO)C1. The van der Waals surface area contributed by atoms with Crippen LogP contribution in [0.4, 0.5) is 18.0 Å². The van der Waals surface area contributed by atoms with E-state index in [2.05, 4.69) is 4.74 Å². The van der Waals surface area contributed by atoms with Crippen molar-refractivity contribution in [2.24, 2.45) is 5.41 Å². The summed E-state index contributed by atoms with van der Waals surface area (Å²) in [4.78, 5) is 14.0. The van der Waals surface area contributed by atoms with E-state index in [0.29, 0.717) is 25.9 Å². The van der Waals surface area contributed by atoms with Crippen LogP contribution in [-0.2, 0) is 10.2 Å². The molecule has 1 aliphatic heterocycles. The average Bonchev–Trinajstić information content (AvgIpc) is 3.22. The van der Waals surface area contributed by atoms with Crippen molar-refractivity contribution in [3.8, 4) is 5.75 Å². The molecule has 27 heavy (non-hydrogen) atoms. The van der Waals surface area contributed by atoms with Crippen molar-refractivity contribution in [3.63, 3.8) is 0 Å². The maximum absolute atomic E-state index is 12.4. The summed E-state index contributed by atoms with van der Waals surface area (Å²) in [6.45, 7) is 6.11. The van der Waals surface area contributed by atoms with Gasteiger partial charge in [-0.3, -0.25) is 0 Å². The minimum Gasteiger partial charge on any atom is -0.444 e. The largest absolute Gasteiger partial charge is 0.573 e. The lowest BCUT2D eigenvalue weighted by atomic mass is 9.80. The molecule has 0 aromatic heterocycles. The van der Waals surface area contributed by atoms with E-state index >= 15 is 0 Å². The first-order valence-corrected chi connectivity index (χ1v) is 8.85. The molecule has 150 valence electrons. The van der Waals surface area contributed by atoms with Crippen LogP contribution in [0.15, 0.2) is 24.3 Å². The maximum atomic E-state index is 12.4. The standard InChI is InChI=1S/C19H24F3NO4/c1-16(2,3)27-15(25)23-9-8-18(10-17(18,11-23)12-24)13-4-6-14(7-5-13)26-19(20,21)22/h4-7,24H,8-12H2,1-3H3. The number of amides is 1. The average molecular weight is 387 g/mol. The maximum Gasteiger partial charge on any atom is 0.573 e. The summed E-state index contributed by atoms with van der Waals surface area (Å²) in [5.41, 5.74) is -0.573. The first kappa shape index (κ1) is 19.8. The van der Waals surface area contributed by atoms with Crippen LogP contribution in [0.25, 0.3) is 0 Å². The number of alkyl halides is 3. The van der Waals surface area contributed by atoms with Crippen molar-refractivity contribution < 1.29 is 32.5 Å². The predicted octanol–water partition coefficient (Wildman–Crippen LogP) is 3.85. The summed E-state index contributed by atoms with van der Waals surface area (Å²) in [7, 11) is 0. The Morgan fingerprint density at radius 1 is 1.22 bits per heavy atom. The minimum atomic E-state index is -4.73. The second kappa shape index (κ2) is 6.29. The summed E-state index contributed by atoms with van der Waals surface area (Å²) in [6.07, 6.45) is -3.85. The summed E-state index contributed by atoms with van der Waals surface area (Å²) < 4.78 is 46.3. The second-order valence-corrected chi connectivity index (χ2v) is 8.42. The summed E-state index contributed by atoms with van der Waals surface area (Å²) in [5.74, 6) is -0.274. The van der Waals surface area contributed by atoms with Gasteiger partial charge in [-0.2, -0.15) is 0 Å². The van der Waals surface area contributed by atoms with Crippen LogP contribution in [0.2, 0.25) is 0 Å². The van der Waals surface area contributed by atoms with Crippen LogP contribution < -0.4 is 4.74 Å². The number of nitrogens with zero attached hydrogens (tertiary/aromatic N) is 1. The van der Waals surface area contributed by atoms with E-state index in [0.717, 1.165) is 5.56 Å². The van der Waals surface area contributed by atoms with Gasteiger partial charge in [0.05, 0.1) is 6.61 Å². The molecule has 2 unspecified atom stereocenters. The third-order valence-electron chi connectivity index (χ3n) is 5.43. The molecule has 1 aromatic carbocycles. The molecule has 2 aliphatic rings. The number of hydrogen-bond acceptors (Lipinski definition) is 4. The highest BCUT2D eigenvalue weighted by Gasteiger charge is 2.70. The first-order chi connectivity index (χ1) is 12.4. The lowest BCUT2D eigenvalue weighted by Crippen LogP contribution is -2.48. The fraction of sp³-hybridized carbons (Fsp3) is 0.632. The van der Waals surface area contributed by atoms with E-state index < -0.39 is 23.5 Å². The number of fused-ring (bicyclic) bond motifs is 1. The van der Waals surface area contributed by atoms with Crippen LogP contribution in [0.5, 0.6) is 5.75 Å². The number of carbonyl (C=O) groups is 1. The fourth-order valence-electron chi connectivity index (χ4n) is 4.13. The van der Waals surface area contributed by atoms with E-state index in [1.807, 2.05) is 0 Å². The highest BCUT2D eigenvalue weighted by atomic mass is 19.4. The summed E-state index contributed by atoms with van der Waals surface area (Å²) >= 11 is 0. The quantitative estimate of drug-likeness (QED) is 0.856. The molecular formula is C19H24F3NO4. The summed E-state index contributed by atoms with van der Waals surface area (Å²) in [5, 5.41) is 10.0. The van der Waals surface area contributed by atoms with Gasteiger partial charge in [0, 0.05) is 23.9 Å². The molecule has 1 N–H and O–H groups in total. The van der Waals surface area contributed by atoms with Gasteiger partial charge in [-0.25, -0.2) is 4.79 Å². The number of carbonyl (C=O) groups excluding carboxylic acids is 1. The van der Waals surface area contributed by atoms with Gasteiger partial charge in [-0.15, -0.1) is 13.2 Å². The Kier molecular flexibility index (Phi) is 4.61. The second-order valence-electron chi connectivity index (χ2n) is 8.42. The van der Waals surface area contributed by atoms with Crippen LogP contribution in [-0.4, -0.2) is 47.8 Å². The Balaban J connectivity index is 1.74. The number of aliphatic hydroxyl groups excluding tert-OH is 1. The number of benzene rings is 1. The molecule has 1 aromatic rings. The molecule has 1 saturated carbocycles. The van der Waals surface area contributed by atoms with Gasteiger partial charge in [0.1, 0.15) is 11.4 Å². The predicted molar refractivity (Wildman–Crippen MR) is 91.4 cm³/mol. The lowest BCUT2D eigenvalue weighted by molar-refractivity contribution is -0.274. The molecule has 2 fully saturated rings. The zero-order valence-corrected chi connectivity index (χ0v) is 15.6. The third kappa shape index (κ3) is 3.85. The van der Waals surface area contributed by atoms with Gasteiger partial charge in [-0.1, -0.05) is 12.1 Å². The molecule has 0 bridgehead atoms. The zero-order chi connectivity index (χ0) is 20.1. The zero-order valence-electron chi connectivity index (χ0n) is 15.6. The van der Waals surface area contributed by atoms with Crippen molar-refractivity contribution in [2.75, 3.05) is 19.7 Å². The molecular weight excluding hydrogens is 363 g/mol. The molecule has 1 saturated heterocycles. The number of ether oxygens (including phenoxy) is 2. The number of aliphatic hydroxyl groups is 1. The third-order valence-corrected chi connectivity index (χ3v) is 5.43. The van der Waals surface area contributed by atoms with Crippen LogP contribution in [0, 0.1) is 5.41 Å². The van der Waals surface area contributed by atoms with Gasteiger partial charge in [0.25, 0.3) is 0 Å². The van der Waals surface area contributed by atoms with E-state index in [9.17, 15) is 23.1 Å². The first-order valence-electron chi connectivity index (χ1n) is 8.85. The Morgan fingerprint density at radius 3 is 2.37 bits per heavy atom. The van der Waals surface area contributed by atoms with Crippen LogP contribution >= 0.6 is 0 Å². The number of rotatable bonds is 3. The van der Waals surface area contributed by atoms with Crippen molar-refractivity contribution in [3.05, 3.63) is 29.8 Å². The highest BCUT2D eigenvalue weighted by Crippen LogP contribution is 2.68. The molecule has 0 radical (unpaired) electrons. The van der Waals surface area contributed by atoms with Crippen LogP contribution in [0.3, 0.4) is 0 Å². The number of hydrogen-bond donors (Lipinski definition) is 1. The fourth-order valence-corrected chi connectivity index (χ4v) is 4.13. The van der Waals surface area contributed by atoms with Gasteiger partial charge >= 0.3 is 12.5 Å². The van der Waals surface area contributed by atoms with E-state index in [1.54, 1.807) is 37.8 Å². The monoisotopic (exact) mass is 387 g/mol. The van der Waals surface area contributed by atoms with Gasteiger partial charge < -0.3 is 19.5 Å². The molecule has 1 aliphatic carbocycles. The smallest absolute Gasteiger partial charge is 0.444 e. The van der Waals surface area contributed by atoms with E-state index in [-0.39, 0.29) is 17.8 Å². The summed E-state index contributed by atoms with van der Waals surface area (Å²) in [6, 6.07) is 5.81. The minimum absolute atomic E-state index is 0.104. The van der Waals surface area contributed by atoms with Crippen LogP contribution in [0.1, 0.15) is 39.2 Å². The van der Waals surface area contributed by atoms with E-state index in [4.69, 9.17) is 4.74 Å². The molecule has 8 heteroatoms. The molecule has 0 spiro atoms. The van der Waals surface area contributed by atoms with Crippen molar-refractivity contribution in [1.29, 1.82) is 0 Å². The van der Waals surface area contributed by atoms with Crippen molar-refractivity contribution in [1.82, 2.24) is 4.90 Å². The Labute approximate surface area is 156 Å². The number of piperidine rings is 1. The molecule has 1 heterocycles. The van der Waals surface area contributed by atoms with Crippen molar-refractivity contribution in [2.45, 2.75) is 51.0 Å². The molecule has 3 rings (SSSR count). The molecule has 5 nitrogen and oxygen atoms in total. The molecule has 2 atom stereocenters. The van der Waals surface area contributed by atoms with Gasteiger partial charge in [0.2, 0.25) is 0 Å². The Hall–Kier alpha value is -1.96. The normalized spacial score (nSPS) is 27.7. The molecule has 1 amide bonds. The Morgan fingerprint density at radius 2 is 1.85 bits per heavy atom. The lowest BCUT2D eigenvalue weighted by Gasteiger charge is -2.38. The highest BCUT2D eigenvalue weighted by molar-refractivity contribution is 5.69. The van der Waals surface area contributed by atoms with Gasteiger partial charge in [-0.05, 0) is 51.3 Å². The van der Waals surface area contributed by atoms with E-state index in [1.165, 1.54) is 12.1 Å². The Bertz CT molecular complexity index is 713. The van der Waals surface area contributed by atoms with Crippen molar-refractivity contribution >= 4 is 6.09 Å². The van der Waals surface area contributed by atoms with Gasteiger partial charge in [0.15, 0.2) is 0 Å². The number of halogens is 3.